The van der Waals surface area contributed by atoms with E-state index in [1.807, 2.05) is 23.3 Å². The molecule has 0 saturated carbocycles. The third-order valence-corrected chi connectivity index (χ3v) is 17.9. The first-order chi connectivity index (χ1) is 41.3. The highest BCUT2D eigenvalue weighted by Gasteiger charge is 2.43. The number of amides is 3. The predicted molar refractivity (Wildman–Crippen MR) is 327 cm³/mol. The molecule has 32 heteroatoms. The molecule has 6 aromatic rings. The maximum absolute atomic E-state index is 13.6. The summed E-state index contributed by atoms with van der Waals surface area (Å²) >= 11 is 18.2. The standard InChI is InChI=1S/C31H35BrClF3N6O5S.C26H27BrClF3N6O3S/c1-29(2,3)47-28(44)42-17-18(16-30(42,4)5)12-14-21(20-8-6-9-22(37-20)31(34,35)36)38-24-10-7-11-25(40-24)48(45,46)41-27(43)19-13-15-23(32)39-26(19)33;1-25(2)13-15(14-32-25)9-11-18(17-5-3-6-19(33-17)26(29,30)31)34-21-7-4-8-22(36-21)41(39,40)37-24(38)16-10-12-20(27)35-23(16)28/h6-11,13,15,18,21H,12,14,16-17H2,1-5H3,(H,38,40)(H,41,43);3-8,10,12,15,18,32H,9,11,13-14H2,1-2H3,(H,34,36)(H,37,38)/t18-,21?;15-,18?/m01/s1. The van der Waals surface area contributed by atoms with Gasteiger partial charge in [0.05, 0.1) is 34.6 Å². The molecule has 0 aromatic carbocycles. The number of nitrogens with one attached hydrogen (secondary N) is 5. The van der Waals surface area contributed by atoms with Crippen LogP contribution in [-0.4, -0.2) is 99.3 Å². The maximum atomic E-state index is 13.6. The summed E-state index contributed by atoms with van der Waals surface area (Å²) in [7, 11) is -8.96. The molecule has 3 amide bonds. The van der Waals surface area contributed by atoms with Crippen LogP contribution in [0.1, 0.15) is 143 Å². The second kappa shape index (κ2) is 28.1. The summed E-state index contributed by atoms with van der Waals surface area (Å²) < 4.78 is 143. The van der Waals surface area contributed by atoms with Crippen molar-refractivity contribution in [2.45, 2.75) is 138 Å². The Hall–Kier alpha value is -6.31. The van der Waals surface area contributed by atoms with Gasteiger partial charge in [0.25, 0.3) is 31.9 Å². The molecular formula is C57H62Br2Cl2F6N12O8S2. The zero-order valence-corrected chi connectivity index (χ0v) is 55.0. The number of anilines is 2. The van der Waals surface area contributed by atoms with Gasteiger partial charge in [-0.1, -0.05) is 47.5 Å². The average molecular weight is 1450 g/mol. The van der Waals surface area contributed by atoms with E-state index in [1.165, 1.54) is 78.9 Å². The number of carbonyl (C=O) groups excluding carboxylic acids is 3. The fourth-order valence-electron chi connectivity index (χ4n) is 9.98. The number of likely N-dealkylation sites (tertiary alicyclic amines) is 1. The van der Waals surface area contributed by atoms with Crippen LogP contribution in [0.4, 0.5) is 42.8 Å². The van der Waals surface area contributed by atoms with E-state index in [-0.39, 0.29) is 62.3 Å². The molecule has 5 N–H and O–H groups in total. The first-order valence-electron chi connectivity index (χ1n) is 27.4. The highest BCUT2D eigenvalue weighted by Crippen LogP contribution is 2.39. The van der Waals surface area contributed by atoms with E-state index < -0.39 is 95.0 Å². The summed E-state index contributed by atoms with van der Waals surface area (Å²) in [6.45, 7) is 14.5. The highest BCUT2D eigenvalue weighted by atomic mass is 79.9. The van der Waals surface area contributed by atoms with Gasteiger partial charge < -0.3 is 25.6 Å². The van der Waals surface area contributed by atoms with Crippen LogP contribution in [0.3, 0.4) is 0 Å². The number of halogens is 10. The van der Waals surface area contributed by atoms with Crippen LogP contribution in [0.15, 0.2) is 116 Å². The monoisotopic (exact) mass is 1450 g/mol. The van der Waals surface area contributed by atoms with Crippen LogP contribution in [0.5, 0.6) is 0 Å². The normalized spacial score (nSPS) is 17.4. The van der Waals surface area contributed by atoms with Crippen molar-refractivity contribution in [3.05, 3.63) is 150 Å². The Bertz CT molecular complexity index is 3820. The summed E-state index contributed by atoms with van der Waals surface area (Å²) in [5.74, 6) is -1.66. The van der Waals surface area contributed by atoms with Crippen molar-refractivity contribution in [2.24, 2.45) is 11.8 Å². The van der Waals surface area contributed by atoms with Gasteiger partial charge in [0.2, 0.25) is 0 Å². The number of carbonyl (C=O) groups is 3. The molecule has 6 aromatic heterocycles. The lowest BCUT2D eigenvalue weighted by Crippen LogP contribution is -2.45. The Morgan fingerprint density at radius 2 is 1.06 bits per heavy atom. The van der Waals surface area contributed by atoms with Crippen molar-refractivity contribution in [2.75, 3.05) is 23.7 Å². The van der Waals surface area contributed by atoms with Crippen LogP contribution in [0.25, 0.3) is 0 Å². The van der Waals surface area contributed by atoms with E-state index in [9.17, 15) is 57.6 Å². The van der Waals surface area contributed by atoms with Crippen molar-refractivity contribution >= 4 is 105 Å². The number of ether oxygens (including phenoxy) is 1. The summed E-state index contributed by atoms with van der Waals surface area (Å²) in [4.78, 5) is 63.6. The molecular weight excluding hydrogens is 1390 g/mol. The lowest BCUT2D eigenvalue weighted by Gasteiger charge is -2.33. The van der Waals surface area contributed by atoms with E-state index in [0.717, 1.165) is 31.2 Å². The van der Waals surface area contributed by atoms with Crippen LogP contribution in [-0.2, 0) is 37.1 Å². The minimum Gasteiger partial charge on any atom is -0.444 e. The lowest BCUT2D eigenvalue weighted by atomic mass is 9.91. The van der Waals surface area contributed by atoms with Crippen molar-refractivity contribution < 1.29 is 62.3 Å². The largest absolute Gasteiger partial charge is 0.444 e. The molecule has 8 heterocycles. The van der Waals surface area contributed by atoms with Gasteiger partial charge in [-0.25, -0.2) is 44.1 Å². The number of aromatic nitrogens is 6. The van der Waals surface area contributed by atoms with Gasteiger partial charge in [0.1, 0.15) is 48.1 Å². The molecule has 2 fully saturated rings. The van der Waals surface area contributed by atoms with Gasteiger partial charge in [-0.05, 0) is 210 Å². The van der Waals surface area contributed by atoms with Gasteiger partial charge in [-0.2, -0.15) is 43.2 Å². The molecule has 0 aliphatic carbocycles. The molecule has 2 aliphatic rings. The number of hydrogen-bond acceptors (Lipinski definition) is 17. The zero-order valence-electron chi connectivity index (χ0n) is 48.7. The Morgan fingerprint density at radius 3 is 1.45 bits per heavy atom. The van der Waals surface area contributed by atoms with Crippen LogP contribution < -0.4 is 25.4 Å². The van der Waals surface area contributed by atoms with Crippen LogP contribution in [0, 0.1) is 11.8 Å². The summed E-state index contributed by atoms with van der Waals surface area (Å²) in [5, 5.41) is 8.10. The Labute approximate surface area is 537 Å². The molecule has 8 rings (SSSR count). The number of nitrogens with zero attached hydrogens (tertiary/aromatic N) is 7. The van der Waals surface area contributed by atoms with Crippen LogP contribution in [0.2, 0.25) is 10.3 Å². The van der Waals surface area contributed by atoms with Gasteiger partial charge >= 0.3 is 18.4 Å². The van der Waals surface area contributed by atoms with Crippen molar-refractivity contribution in [3.8, 4) is 0 Å². The smallest absolute Gasteiger partial charge is 0.433 e. The van der Waals surface area contributed by atoms with E-state index in [0.29, 0.717) is 47.4 Å². The minimum atomic E-state index is -4.69. The molecule has 4 atom stereocenters. The quantitative estimate of drug-likeness (QED) is 0.0395. The fraction of sp³-hybridized carbons (Fsp3) is 0.421. The molecule has 0 bridgehead atoms. The molecule has 2 saturated heterocycles. The van der Waals surface area contributed by atoms with Crippen molar-refractivity contribution in [3.63, 3.8) is 0 Å². The van der Waals surface area contributed by atoms with Gasteiger partial charge in [0, 0.05) is 17.6 Å². The summed E-state index contributed by atoms with van der Waals surface area (Å²) in [6, 6.07) is 19.2. The lowest BCUT2D eigenvalue weighted by molar-refractivity contribution is -0.142. The summed E-state index contributed by atoms with van der Waals surface area (Å²) in [5.41, 5.74) is -3.49. The number of hydrogen-bond donors (Lipinski definition) is 5. The highest BCUT2D eigenvalue weighted by molar-refractivity contribution is 9.10. The second-order valence-electron chi connectivity index (χ2n) is 23.3. The van der Waals surface area contributed by atoms with Gasteiger partial charge in [-0.15, -0.1) is 0 Å². The number of rotatable bonds is 18. The van der Waals surface area contributed by atoms with Gasteiger partial charge in [0.15, 0.2) is 10.1 Å². The molecule has 89 heavy (non-hydrogen) atoms. The van der Waals surface area contributed by atoms with E-state index in [1.54, 1.807) is 25.7 Å². The molecule has 0 radical (unpaired) electrons. The molecule has 2 unspecified atom stereocenters. The van der Waals surface area contributed by atoms with Crippen molar-refractivity contribution in [1.82, 2.24) is 49.6 Å². The Kier molecular flexibility index (Phi) is 22.1. The number of alkyl halides is 6. The first kappa shape index (κ1) is 70.2. The number of sulfonamides is 2. The van der Waals surface area contributed by atoms with E-state index >= 15 is 0 Å². The second-order valence-corrected chi connectivity index (χ2v) is 28.9. The number of pyridine rings is 6. The Balaban J connectivity index is 0.000000257. The maximum Gasteiger partial charge on any atom is 0.433 e. The molecule has 480 valence electrons. The van der Waals surface area contributed by atoms with E-state index in [2.05, 4.69) is 91.6 Å². The third-order valence-electron chi connectivity index (χ3n) is 14.0. The zero-order chi connectivity index (χ0) is 65.7. The first-order valence-corrected chi connectivity index (χ1v) is 32.7. The Morgan fingerprint density at radius 1 is 0.629 bits per heavy atom. The van der Waals surface area contributed by atoms with E-state index in [4.69, 9.17) is 27.9 Å². The van der Waals surface area contributed by atoms with Gasteiger partial charge in [-0.3, -0.25) is 9.59 Å². The van der Waals surface area contributed by atoms with Crippen molar-refractivity contribution in [1.29, 1.82) is 0 Å². The molecule has 0 spiro atoms. The SMILES string of the molecule is CC(C)(C)OC(=O)N1C[C@@H](CCC(Nc2cccc(S(=O)(=O)NC(=O)c3ccc(Br)nc3Cl)n2)c2cccc(C(F)(F)F)n2)CC1(C)C.CC1(C)C[C@@H](CCC(Nc2cccc(S(=O)(=O)NC(=O)c3ccc(Br)nc3Cl)n2)c2cccc(C(F)(F)F)n2)CN1. The average Bonchev–Trinajstić information content (AvgIpc) is 2.14. The van der Waals surface area contributed by atoms with Crippen LogP contribution >= 0.6 is 55.1 Å². The molecule has 20 nitrogen and oxygen atoms in total. The third kappa shape index (κ3) is 19.6. The topological polar surface area (TPSA) is 269 Å². The molecule has 2 aliphatic heterocycles. The predicted octanol–water partition coefficient (Wildman–Crippen LogP) is 13.1. The minimum absolute atomic E-state index is 0.0139. The summed E-state index contributed by atoms with van der Waals surface area (Å²) in [6.07, 6.45) is -6.39. The fourth-order valence-corrected chi connectivity index (χ4v) is 13.1.